The minimum Gasteiger partial charge on any atom is -0.472 e. The molecule has 0 atom stereocenters. The average Bonchev–Trinajstić information content (AvgIpc) is 2.74. The van der Waals surface area contributed by atoms with E-state index in [2.05, 4.69) is 17.9 Å². The van der Waals surface area contributed by atoms with E-state index in [0.29, 0.717) is 0 Å². The predicted octanol–water partition coefficient (Wildman–Crippen LogP) is 2.81. The topological polar surface area (TPSA) is 42.4 Å². The summed E-state index contributed by atoms with van der Waals surface area (Å²) in [5, 5.41) is 0. The van der Waals surface area contributed by atoms with Gasteiger partial charge in [0.25, 0.3) is 0 Å². The molecule has 3 heteroatoms. The second-order valence-electron chi connectivity index (χ2n) is 4.05. The molecule has 3 nitrogen and oxygen atoms in total. The Morgan fingerprint density at radius 2 is 2.12 bits per heavy atom. The highest BCUT2D eigenvalue weighted by Crippen LogP contribution is 2.24. The van der Waals surface area contributed by atoms with Crippen LogP contribution in [0, 0.1) is 6.92 Å². The lowest BCUT2D eigenvalue weighted by atomic mass is 10.1. The zero-order valence-electron chi connectivity index (χ0n) is 9.60. The molecule has 1 aromatic carbocycles. The van der Waals surface area contributed by atoms with Crippen LogP contribution in [0.5, 0.6) is 0 Å². The first-order chi connectivity index (χ1) is 7.66. The molecule has 0 aliphatic rings. The monoisotopic (exact) mass is 216 g/mol. The van der Waals surface area contributed by atoms with Crippen molar-refractivity contribution in [1.82, 2.24) is 0 Å². The molecule has 0 fully saturated rings. The van der Waals surface area contributed by atoms with E-state index in [1.807, 2.05) is 25.2 Å². The van der Waals surface area contributed by atoms with Crippen molar-refractivity contribution in [1.29, 1.82) is 0 Å². The maximum atomic E-state index is 5.95. The molecule has 0 bridgehead atoms. The molecule has 2 rings (SSSR count). The van der Waals surface area contributed by atoms with Gasteiger partial charge in [0.15, 0.2) is 0 Å². The molecule has 0 radical (unpaired) electrons. The maximum Gasteiger partial charge on any atom is 0.0952 e. The summed E-state index contributed by atoms with van der Waals surface area (Å²) in [7, 11) is 2.03. The quantitative estimate of drug-likeness (QED) is 0.802. The van der Waals surface area contributed by atoms with Gasteiger partial charge in [0.2, 0.25) is 0 Å². The third-order valence-electron chi connectivity index (χ3n) is 2.60. The van der Waals surface area contributed by atoms with Gasteiger partial charge in [-0.2, -0.15) is 0 Å². The van der Waals surface area contributed by atoms with Crippen LogP contribution in [0.2, 0.25) is 0 Å². The molecule has 0 spiro atoms. The maximum absolute atomic E-state index is 5.95. The Hall–Kier alpha value is -1.90. The predicted molar refractivity (Wildman–Crippen MR) is 66.4 cm³/mol. The van der Waals surface area contributed by atoms with Gasteiger partial charge in [-0.3, -0.25) is 0 Å². The van der Waals surface area contributed by atoms with E-state index in [-0.39, 0.29) is 0 Å². The smallest absolute Gasteiger partial charge is 0.0952 e. The van der Waals surface area contributed by atoms with Crippen molar-refractivity contribution in [3.63, 3.8) is 0 Å². The van der Waals surface area contributed by atoms with Gasteiger partial charge >= 0.3 is 0 Å². The molecule has 1 heterocycles. The zero-order valence-corrected chi connectivity index (χ0v) is 9.60. The van der Waals surface area contributed by atoms with Gasteiger partial charge in [0.05, 0.1) is 23.9 Å². The summed E-state index contributed by atoms with van der Waals surface area (Å²) in [5.74, 6) is 0. The van der Waals surface area contributed by atoms with Crippen LogP contribution in [0.4, 0.5) is 11.4 Å². The number of benzene rings is 1. The van der Waals surface area contributed by atoms with Crippen LogP contribution in [-0.4, -0.2) is 7.05 Å². The van der Waals surface area contributed by atoms with Crippen molar-refractivity contribution in [3.05, 3.63) is 47.9 Å². The lowest BCUT2D eigenvalue weighted by Crippen LogP contribution is -2.17. The van der Waals surface area contributed by atoms with Gasteiger partial charge in [-0.1, -0.05) is 6.07 Å². The molecular formula is C13H16N2O. The largest absolute Gasteiger partial charge is 0.472 e. The fourth-order valence-electron chi connectivity index (χ4n) is 1.73. The molecule has 0 unspecified atom stereocenters. The number of anilines is 2. The van der Waals surface area contributed by atoms with Gasteiger partial charge in [-0.05, 0) is 30.7 Å². The summed E-state index contributed by atoms with van der Waals surface area (Å²) >= 11 is 0. The van der Waals surface area contributed by atoms with Crippen LogP contribution in [-0.2, 0) is 6.54 Å². The standard InChI is InChI=1S/C13H16N2O/c1-10-3-4-12(14)13(7-10)15(2)8-11-5-6-16-9-11/h3-7,9H,8,14H2,1-2H3. The molecule has 2 N–H and O–H groups in total. The number of hydrogen-bond donors (Lipinski definition) is 1. The summed E-state index contributed by atoms with van der Waals surface area (Å²) in [6.07, 6.45) is 3.44. The number of nitrogens with two attached hydrogens (primary N) is 1. The first-order valence-electron chi connectivity index (χ1n) is 5.25. The van der Waals surface area contributed by atoms with E-state index in [4.69, 9.17) is 10.2 Å². The molecule has 2 aromatic rings. The van der Waals surface area contributed by atoms with Crippen molar-refractivity contribution < 1.29 is 4.42 Å². The normalized spacial score (nSPS) is 10.4. The number of aryl methyl sites for hydroxylation is 1. The molecule has 0 saturated carbocycles. The fraction of sp³-hybridized carbons (Fsp3) is 0.231. The minimum atomic E-state index is 0.796. The Balaban J connectivity index is 2.20. The van der Waals surface area contributed by atoms with Crippen LogP contribution in [0.1, 0.15) is 11.1 Å². The molecule has 0 saturated heterocycles. The second-order valence-corrected chi connectivity index (χ2v) is 4.05. The van der Waals surface area contributed by atoms with Crippen LogP contribution in [0.25, 0.3) is 0 Å². The van der Waals surface area contributed by atoms with Crippen LogP contribution in [0.15, 0.2) is 41.2 Å². The number of rotatable bonds is 3. The average molecular weight is 216 g/mol. The van der Waals surface area contributed by atoms with E-state index >= 15 is 0 Å². The first-order valence-corrected chi connectivity index (χ1v) is 5.25. The molecular weight excluding hydrogens is 200 g/mol. The van der Waals surface area contributed by atoms with Gasteiger partial charge in [0.1, 0.15) is 0 Å². The van der Waals surface area contributed by atoms with E-state index < -0.39 is 0 Å². The van der Waals surface area contributed by atoms with E-state index in [0.717, 1.165) is 23.5 Å². The highest BCUT2D eigenvalue weighted by molar-refractivity contribution is 5.68. The summed E-state index contributed by atoms with van der Waals surface area (Å²) < 4.78 is 5.05. The SMILES string of the molecule is Cc1ccc(N)c(N(C)Cc2ccoc2)c1. The third-order valence-corrected chi connectivity index (χ3v) is 2.60. The van der Waals surface area contributed by atoms with Gasteiger partial charge < -0.3 is 15.1 Å². The van der Waals surface area contributed by atoms with Gasteiger partial charge in [-0.15, -0.1) is 0 Å². The van der Waals surface area contributed by atoms with Crippen molar-refractivity contribution in [3.8, 4) is 0 Å². The Kier molecular flexibility index (Phi) is 2.86. The highest BCUT2D eigenvalue weighted by Gasteiger charge is 2.06. The summed E-state index contributed by atoms with van der Waals surface area (Å²) in [4.78, 5) is 2.12. The molecule has 0 amide bonds. The molecule has 0 aliphatic heterocycles. The fourth-order valence-corrected chi connectivity index (χ4v) is 1.73. The second kappa shape index (κ2) is 4.31. The third kappa shape index (κ3) is 2.19. The summed E-state index contributed by atoms with van der Waals surface area (Å²) in [5.41, 5.74) is 10.2. The number of hydrogen-bond acceptors (Lipinski definition) is 3. The minimum absolute atomic E-state index is 0.796. The van der Waals surface area contributed by atoms with Gasteiger partial charge in [-0.25, -0.2) is 0 Å². The van der Waals surface area contributed by atoms with Crippen molar-refractivity contribution >= 4 is 11.4 Å². The number of furan rings is 1. The molecule has 1 aromatic heterocycles. The molecule has 0 aliphatic carbocycles. The van der Waals surface area contributed by atoms with Crippen molar-refractivity contribution in [2.45, 2.75) is 13.5 Å². The van der Waals surface area contributed by atoms with Crippen molar-refractivity contribution in [2.24, 2.45) is 0 Å². The lowest BCUT2D eigenvalue weighted by Gasteiger charge is -2.20. The first kappa shape index (κ1) is 10.6. The van der Waals surface area contributed by atoms with E-state index in [1.54, 1.807) is 12.5 Å². The molecule has 84 valence electrons. The number of nitrogens with zero attached hydrogens (tertiary/aromatic N) is 1. The Labute approximate surface area is 95.5 Å². The Bertz CT molecular complexity index is 463. The Morgan fingerprint density at radius 3 is 2.81 bits per heavy atom. The zero-order chi connectivity index (χ0) is 11.5. The number of nitrogen functional groups attached to an aromatic ring is 1. The summed E-state index contributed by atoms with van der Waals surface area (Å²) in [6, 6.07) is 8.01. The Morgan fingerprint density at radius 1 is 1.31 bits per heavy atom. The van der Waals surface area contributed by atoms with E-state index in [1.165, 1.54) is 5.56 Å². The van der Waals surface area contributed by atoms with Crippen LogP contribution in [0.3, 0.4) is 0 Å². The van der Waals surface area contributed by atoms with Gasteiger partial charge in [0, 0.05) is 19.2 Å². The highest BCUT2D eigenvalue weighted by atomic mass is 16.3. The van der Waals surface area contributed by atoms with Crippen LogP contribution >= 0.6 is 0 Å². The lowest BCUT2D eigenvalue weighted by molar-refractivity contribution is 0.563. The molecule has 16 heavy (non-hydrogen) atoms. The summed E-state index contributed by atoms with van der Waals surface area (Å²) in [6.45, 7) is 2.86. The van der Waals surface area contributed by atoms with E-state index in [9.17, 15) is 0 Å². The van der Waals surface area contributed by atoms with Crippen LogP contribution < -0.4 is 10.6 Å². The van der Waals surface area contributed by atoms with Crippen molar-refractivity contribution in [2.75, 3.05) is 17.7 Å².